The van der Waals surface area contributed by atoms with Crippen molar-refractivity contribution in [1.29, 1.82) is 0 Å². The fourth-order valence-electron chi connectivity index (χ4n) is 2.50. The Morgan fingerprint density at radius 3 is 2.53 bits per heavy atom. The van der Waals surface area contributed by atoms with Crippen LogP contribution in [-0.2, 0) is 0 Å². The molecule has 0 saturated carbocycles. The SMILES string of the molecule is COc1cc(C)cc(C)c1C(N)c1ccncc1C. The van der Waals surface area contributed by atoms with E-state index < -0.39 is 0 Å². The predicted molar refractivity (Wildman–Crippen MR) is 77.5 cm³/mol. The van der Waals surface area contributed by atoms with Gasteiger partial charge in [-0.25, -0.2) is 0 Å². The van der Waals surface area contributed by atoms with Gasteiger partial charge >= 0.3 is 0 Å². The summed E-state index contributed by atoms with van der Waals surface area (Å²) >= 11 is 0. The number of ether oxygens (including phenoxy) is 1. The molecule has 0 fully saturated rings. The van der Waals surface area contributed by atoms with Gasteiger partial charge in [-0.3, -0.25) is 4.98 Å². The Labute approximate surface area is 114 Å². The normalized spacial score (nSPS) is 12.3. The van der Waals surface area contributed by atoms with Crippen molar-refractivity contribution in [2.45, 2.75) is 26.8 Å². The zero-order valence-corrected chi connectivity index (χ0v) is 11.9. The summed E-state index contributed by atoms with van der Waals surface area (Å²) in [6, 6.07) is 5.93. The monoisotopic (exact) mass is 256 g/mol. The molecule has 0 saturated heterocycles. The van der Waals surface area contributed by atoms with Gasteiger partial charge in [0.2, 0.25) is 0 Å². The Morgan fingerprint density at radius 2 is 1.89 bits per heavy atom. The van der Waals surface area contributed by atoms with Crippen molar-refractivity contribution in [3.05, 3.63) is 58.4 Å². The molecule has 1 aromatic carbocycles. The molecule has 2 aromatic rings. The number of nitrogens with zero attached hydrogens (tertiary/aromatic N) is 1. The van der Waals surface area contributed by atoms with Crippen molar-refractivity contribution in [2.75, 3.05) is 7.11 Å². The Kier molecular flexibility index (Phi) is 3.86. The Hall–Kier alpha value is -1.87. The Bertz CT molecular complexity index is 593. The van der Waals surface area contributed by atoms with Crippen LogP contribution in [0.25, 0.3) is 0 Å². The van der Waals surface area contributed by atoms with Crippen molar-refractivity contribution >= 4 is 0 Å². The van der Waals surface area contributed by atoms with E-state index in [1.807, 2.05) is 25.3 Å². The number of methoxy groups -OCH3 is 1. The van der Waals surface area contributed by atoms with Gasteiger partial charge in [0, 0.05) is 18.0 Å². The second kappa shape index (κ2) is 5.41. The molecular weight excluding hydrogens is 236 g/mol. The highest BCUT2D eigenvalue weighted by molar-refractivity contribution is 5.49. The second-order valence-electron chi connectivity index (χ2n) is 4.91. The predicted octanol–water partition coefficient (Wildman–Crippen LogP) is 3.06. The molecule has 0 spiro atoms. The highest BCUT2D eigenvalue weighted by Gasteiger charge is 2.18. The molecule has 0 radical (unpaired) electrons. The minimum Gasteiger partial charge on any atom is -0.496 e. The van der Waals surface area contributed by atoms with Crippen molar-refractivity contribution in [1.82, 2.24) is 4.98 Å². The number of benzene rings is 1. The fraction of sp³-hybridized carbons (Fsp3) is 0.312. The van der Waals surface area contributed by atoms with E-state index in [1.165, 1.54) is 5.56 Å². The van der Waals surface area contributed by atoms with E-state index in [9.17, 15) is 0 Å². The third-order valence-corrected chi connectivity index (χ3v) is 3.42. The largest absolute Gasteiger partial charge is 0.496 e. The average molecular weight is 256 g/mol. The first kappa shape index (κ1) is 13.6. The zero-order chi connectivity index (χ0) is 14.0. The summed E-state index contributed by atoms with van der Waals surface area (Å²) in [6.45, 7) is 6.15. The maximum Gasteiger partial charge on any atom is 0.124 e. The van der Waals surface area contributed by atoms with Gasteiger partial charge in [-0.15, -0.1) is 0 Å². The minimum absolute atomic E-state index is 0.196. The Morgan fingerprint density at radius 1 is 1.16 bits per heavy atom. The molecule has 3 nitrogen and oxygen atoms in total. The van der Waals surface area contributed by atoms with Crippen LogP contribution in [0.15, 0.2) is 30.6 Å². The summed E-state index contributed by atoms with van der Waals surface area (Å²) in [5.41, 5.74) is 12.0. The molecule has 1 atom stereocenters. The van der Waals surface area contributed by atoms with Gasteiger partial charge in [-0.1, -0.05) is 6.07 Å². The van der Waals surface area contributed by atoms with E-state index >= 15 is 0 Å². The summed E-state index contributed by atoms with van der Waals surface area (Å²) in [5, 5.41) is 0. The lowest BCUT2D eigenvalue weighted by Crippen LogP contribution is -2.16. The standard InChI is InChI=1S/C16H20N2O/c1-10-7-11(2)15(14(8-10)19-4)16(17)13-5-6-18-9-12(13)3/h5-9,16H,17H2,1-4H3. The van der Waals surface area contributed by atoms with Crippen LogP contribution in [0, 0.1) is 20.8 Å². The van der Waals surface area contributed by atoms with Gasteiger partial charge in [0.1, 0.15) is 5.75 Å². The maximum atomic E-state index is 6.44. The molecule has 0 aliphatic heterocycles. The molecule has 0 bridgehead atoms. The van der Waals surface area contributed by atoms with Crippen molar-refractivity contribution in [3.63, 3.8) is 0 Å². The maximum absolute atomic E-state index is 6.44. The molecule has 1 unspecified atom stereocenters. The van der Waals surface area contributed by atoms with Crippen LogP contribution in [0.4, 0.5) is 0 Å². The van der Waals surface area contributed by atoms with Gasteiger partial charge in [0.25, 0.3) is 0 Å². The van der Waals surface area contributed by atoms with E-state index in [0.29, 0.717) is 0 Å². The fourth-order valence-corrected chi connectivity index (χ4v) is 2.50. The molecule has 2 rings (SSSR count). The van der Waals surface area contributed by atoms with Crippen molar-refractivity contribution in [3.8, 4) is 5.75 Å². The number of rotatable bonds is 3. The molecule has 0 amide bonds. The van der Waals surface area contributed by atoms with Crippen LogP contribution in [0.1, 0.15) is 33.9 Å². The highest BCUT2D eigenvalue weighted by Crippen LogP contribution is 2.33. The molecule has 0 aliphatic carbocycles. The highest BCUT2D eigenvalue weighted by atomic mass is 16.5. The Balaban J connectivity index is 2.56. The van der Waals surface area contributed by atoms with Gasteiger partial charge < -0.3 is 10.5 Å². The van der Waals surface area contributed by atoms with Crippen molar-refractivity contribution < 1.29 is 4.74 Å². The van der Waals surface area contributed by atoms with Crippen LogP contribution in [0.5, 0.6) is 5.75 Å². The molecule has 0 aliphatic rings. The van der Waals surface area contributed by atoms with Gasteiger partial charge in [0.05, 0.1) is 13.2 Å². The summed E-state index contributed by atoms with van der Waals surface area (Å²) in [7, 11) is 1.68. The number of aryl methyl sites for hydroxylation is 3. The first-order valence-corrected chi connectivity index (χ1v) is 6.35. The molecule has 2 N–H and O–H groups in total. The quantitative estimate of drug-likeness (QED) is 0.918. The molecular formula is C16H20N2O. The number of hydrogen-bond acceptors (Lipinski definition) is 3. The van der Waals surface area contributed by atoms with E-state index in [0.717, 1.165) is 28.0 Å². The number of hydrogen-bond donors (Lipinski definition) is 1. The zero-order valence-electron chi connectivity index (χ0n) is 11.9. The van der Waals surface area contributed by atoms with Crippen LogP contribution >= 0.6 is 0 Å². The van der Waals surface area contributed by atoms with E-state index in [2.05, 4.69) is 24.9 Å². The summed E-state index contributed by atoms with van der Waals surface area (Å²) in [5.74, 6) is 0.848. The third-order valence-electron chi connectivity index (χ3n) is 3.42. The van der Waals surface area contributed by atoms with Gasteiger partial charge in [-0.2, -0.15) is 0 Å². The summed E-state index contributed by atoms with van der Waals surface area (Å²) in [4.78, 5) is 4.11. The topological polar surface area (TPSA) is 48.1 Å². The van der Waals surface area contributed by atoms with Gasteiger partial charge in [-0.05, 0) is 55.2 Å². The van der Waals surface area contributed by atoms with Crippen LogP contribution < -0.4 is 10.5 Å². The summed E-state index contributed by atoms with van der Waals surface area (Å²) < 4.78 is 5.49. The van der Waals surface area contributed by atoms with Crippen molar-refractivity contribution in [2.24, 2.45) is 5.73 Å². The molecule has 100 valence electrons. The smallest absolute Gasteiger partial charge is 0.124 e. The van der Waals surface area contributed by atoms with E-state index in [4.69, 9.17) is 10.5 Å². The number of nitrogens with two attached hydrogens (primary N) is 1. The first-order chi connectivity index (χ1) is 9.04. The number of aromatic nitrogens is 1. The lowest BCUT2D eigenvalue weighted by Gasteiger charge is -2.20. The first-order valence-electron chi connectivity index (χ1n) is 6.35. The lowest BCUT2D eigenvalue weighted by molar-refractivity contribution is 0.407. The molecule has 19 heavy (non-hydrogen) atoms. The van der Waals surface area contributed by atoms with Crippen LogP contribution in [0.3, 0.4) is 0 Å². The average Bonchev–Trinajstić information content (AvgIpc) is 2.37. The van der Waals surface area contributed by atoms with Gasteiger partial charge in [0.15, 0.2) is 0 Å². The van der Waals surface area contributed by atoms with E-state index in [1.54, 1.807) is 13.3 Å². The van der Waals surface area contributed by atoms with Crippen LogP contribution in [0.2, 0.25) is 0 Å². The van der Waals surface area contributed by atoms with Crippen LogP contribution in [-0.4, -0.2) is 12.1 Å². The summed E-state index contributed by atoms with van der Waals surface area (Å²) in [6.07, 6.45) is 3.61. The second-order valence-corrected chi connectivity index (χ2v) is 4.91. The molecule has 1 heterocycles. The van der Waals surface area contributed by atoms with E-state index in [-0.39, 0.29) is 6.04 Å². The molecule has 3 heteroatoms. The number of pyridine rings is 1. The third kappa shape index (κ3) is 2.61. The molecule has 1 aromatic heterocycles. The minimum atomic E-state index is -0.196. The lowest BCUT2D eigenvalue weighted by atomic mass is 9.92.